The zero-order valence-corrected chi connectivity index (χ0v) is 12.7. The number of nitrogens with zero attached hydrogens (tertiary/aromatic N) is 1. The molecular weight excluding hydrogens is 341 g/mol. The molecule has 1 aromatic rings. The first kappa shape index (κ1) is 20.9. The minimum absolute atomic E-state index is 0. The number of hydrogen-bond acceptors (Lipinski definition) is 5. The largest absolute Gasteiger partial charge is 0.416 e. The van der Waals surface area contributed by atoms with E-state index in [1.807, 2.05) is 0 Å². The van der Waals surface area contributed by atoms with Crippen molar-refractivity contribution < 1.29 is 22.9 Å². The first-order valence-corrected chi connectivity index (χ1v) is 6.32. The minimum Gasteiger partial charge on any atom is -0.379 e. The summed E-state index contributed by atoms with van der Waals surface area (Å²) in [7, 11) is 0. The molecule has 0 heterocycles. The van der Waals surface area contributed by atoms with E-state index in [9.17, 15) is 28.1 Å². The van der Waals surface area contributed by atoms with Crippen molar-refractivity contribution in [1.29, 1.82) is 0 Å². The van der Waals surface area contributed by atoms with E-state index < -0.39 is 22.4 Å². The van der Waals surface area contributed by atoms with Gasteiger partial charge < -0.3 is 16.4 Å². The number of nitro groups is 1. The number of carbonyl (C=O) groups excluding carboxylic acids is 1. The van der Waals surface area contributed by atoms with E-state index in [4.69, 9.17) is 5.73 Å². The molecule has 0 aliphatic heterocycles. The van der Waals surface area contributed by atoms with Gasteiger partial charge in [0.15, 0.2) is 0 Å². The summed E-state index contributed by atoms with van der Waals surface area (Å²) in [5, 5.41) is 15.9. The van der Waals surface area contributed by atoms with Gasteiger partial charge in [0.2, 0.25) is 5.91 Å². The quantitative estimate of drug-likeness (QED) is 0.510. The van der Waals surface area contributed by atoms with E-state index in [-0.39, 0.29) is 43.5 Å². The summed E-state index contributed by atoms with van der Waals surface area (Å²) in [5.74, 6) is -0.312. The summed E-state index contributed by atoms with van der Waals surface area (Å²) in [4.78, 5) is 21.2. The average Bonchev–Trinajstić information content (AvgIpc) is 2.44. The van der Waals surface area contributed by atoms with E-state index in [0.717, 1.165) is 12.1 Å². The fourth-order valence-corrected chi connectivity index (χ4v) is 1.62. The molecule has 0 atom stereocenters. The maximum Gasteiger partial charge on any atom is 0.416 e. The smallest absolute Gasteiger partial charge is 0.379 e. The van der Waals surface area contributed by atoms with E-state index >= 15 is 0 Å². The second kappa shape index (κ2) is 9.16. The molecule has 0 fully saturated rings. The third-order valence-electron chi connectivity index (χ3n) is 2.66. The number of amides is 1. The zero-order valence-electron chi connectivity index (χ0n) is 11.9. The number of rotatable bonds is 7. The van der Waals surface area contributed by atoms with Crippen molar-refractivity contribution in [2.45, 2.75) is 12.6 Å². The number of halogens is 4. The van der Waals surface area contributed by atoms with Crippen LogP contribution in [-0.2, 0) is 11.0 Å². The third kappa shape index (κ3) is 6.70. The van der Waals surface area contributed by atoms with Crippen molar-refractivity contribution >= 4 is 29.7 Å². The van der Waals surface area contributed by atoms with Crippen LogP contribution in [0.25, 0.3) is 0 Å². The van der Waals surface area contributed by atoms with Crippen LogP contribution in [0.15, 0.2) is 18.2 Å². The number of nitrogens with two attached hydrogens (primary N) is 1. The Bertz CT molecular complexity index is 555. The fraction of sp³-hybridized carbons (Fsp3) is 0.417. The van der Waals surface area contributed by atoms with Crippen LogP contribution in [0, 0.1) is 10.1 Å². The number of nitrogens with one attached hydrogen (secondary N) is 2. The van der Waals surface area contributed by atoms with Crippen LogP contribution >= 0.6 is 12.4 Å². The lowest BCUT2D eigenvalue weighted by Gasteiger charge is -2.10. The second-order valence-electron chi connectivity index (χ2n) is 4.30. The number of carbonyl (C=O) groups is 1. The van der Waals surface area contributed by atoms with Crippen LogP contribution < -0.4 is 16.4 Å². The van der Waals surface area contributed by atoms with Gasteiger partial charge in [0, 0.05) is 32.1 Å². The summed E-state index contributed by atoms with van der Waals surface area (Å²) < 4.78 is 37.6. The number of alkyl halides is 3. The van der Waals surface area contributed by atoms with Gasteiger partial charge in [-0.3, -0.25) is 14.9 Å². The molecule has 0 saturated carbocycles. The van der Waals surface area contributed by atoms with Crippen molar-refractivity contribution in [2.75, 3.05) is 25.0 Å². The fourth-order valence-electron chi connectivity index (χ4n) is 1.62. The van der Waals surface area contributed by atoms with Crippen LogP contribution in [0.1, 0.15) is 12.0 Å². The Morgan fingerprint density at radius 2 is 1.96 bits per heavy atom. The molecule has 7 nitrogen and oxygen atoms in total. The third-order valence-corrected chi connectivity index (χ3v) is 2.66. The highest BCUT2D eigenvalue weighted by atomic mass is 35.5. The molecule has 1 amide bonds. The highest BCUT2D eigenvalue weighted by molar-refractivity contribution is 5.85. The first-order valence-electron chi connectivity index (χ1n) is 6.32. The molecule has 1 aromatic carbocycles. The topological polar surface area (TPSA) is 110 Å². The van der Waals surface area contributed by atoms with Crippen molar-refractivity contribution in [2.24, 2.45) is 5.73 Å². The summed E-state index contributed by atoms with van der Waals surface area (Å²) in [6.07, 6.45) is -4.65. The van der Waals surface area contributed by atoms with Crippen molar-refractivity contribution in [3.8, 4) is 0 Å². The van der Waals surface area contributed by atoms with Crippen LogP contribution in [0.3, 0.4) is 0 Å². The Labute approximate surface area is 136 Å². The van der Waals surface area contributed by atoms with Crippen LogP contribution in [0.4, 0.5) is 24.5 Å². The van der Waals surface area contributed by atoms with Gasteiger partial charge in [0.1, 0.15) is 5.69 Å². The van der Waals surface area contributed by atoms with Crippen molar-refractivity contribution in [3.63, 3.8) is 0 Å². The highest BCUT2D eigenvalue weighted by Gasteiger charge is 2.32. The van der Waals surface area contributed by atoms with E-state index in [1.165, 1.54) is 0 Å². The summed E-state index contributed by atoms with van der Waals surface area (Å²) in [6, 6.07) is 2.17. The number of hydrogen-bond donors (Lipinski definition) is 3. The molecule has 4 N–H and O–H groups in total. The molecule has 0 aromatic heterocycles. The number of anilines is 1. The van der Waals surface area contributed by atoms with Crippen LogP contribution in [0.2, 0.25) is 0 Å². The van der Waals surface area contributed by atoms with Gasteiger partial charge in [-0.15, -0.1) is 12.4 Å². The first-order chi connectivity index (χ1) is 10.3. The van der Waals surface area contributed by atoms with Crippen LogP contribution in [0.5, 0.6) is 0 Å². The molecule has 0 radical (unpaired) electrons. The van der Waals surface area contributed by atoms with E-state index in [0.29, 0.717) is 12.6 Å². The van der Waals surface area contributed by atoms with Gasteiger partial charge in [0.25, 0.3) is 5.69 Å². The molecule has 0 aliphatic carbocycles. The van der Waals surface area contributed by atoms with Gasteiger partial charge in [-0.1, -0.05) is 0 Å². The maximum atomic E-state index is 12.5. The summed E-state index contributed by atoms with van der Waals surface area (Å²) >= 11 is 0. The average molecular weight is 357 g/mol. The predicted molar refractivity (Wildman–Crippen MR) is 80.5 cm³/mol. The lowest BCUT2D eigenvalue weighted by atomic mass is 10.1. The monoisotopic (exact) mass is 356 g/mol. The zero-order chi connectivity index (χ0) is 16.8. The summed E-state index contributed by atoms with van der Waals surface area (Å²) in [5.41, 5.74) is 3.32. The van der Waals surface area contributed by atoms with Crippen LogP contribution in [-0.4, -0.2) is 30.5 Å². The molecular formula is C12H16ClF3N4O3. The van der Waals surface area contributed by atoms with Gasteiger partial charge in [-0.25, -0.2) is 0 Å². The Hall–Kier alpha value is -2.07. The van der Waals surface area contributed by atoms with Crippen molar-refractivity contribution in [3.05, 3.63) is 33.9 Å². The highest BCUT2D eigenvalue weighted by Crippen LogP contribution is 2.34. The molecule has 0 saturated heterocycles. The Kier molecular flexibility index (Phi) is 8.33. The molecule has 11 heteroatoms. The maximum absolute atomic E-state index is 12.5. The van der Waals surface area contributed by atoms with Crippen molar-refractivity contribution in [1.82, 2.24) is 5.32 Å². The standard InChI is InChI=1S/C12H15F3N4O3.ClH/c13-12(14,15)8-1-2-9(10(7-8)19(21)22)17-5-3-11(20)18-6-4-16;/h1-2,7,17H,3-6,16H2,(H,18,20);1H. The van der Waals surface area contributed by atoms with E-state index in [2.05, 4.69) is 10.6 Å². The SMILES string of the molecule is Cl.NCCNC(=O)CCNc1ccc(C(F)(F)F)cc1[N+](=O)[O-]. The van der Waals surface area contributed by atoms with E-state index in [1.54, 1.807) is 0 Å². The molecule has 0 spiro atoms. The Morgan fingerprint density at radius 1 is 1.30 bits per heavy atom. The molecule has 1 rings (SSSR count). The van der Waals surface area contributed by atoms with Gasteiger partial charge in [0.05, 0.1) is 10.5 Å². The Balaban J connectivity index is 0.00000484. The predicted octanol–water partition coefficient (Wildman–Crippen LogP) is 1.91. The van der Waals surface area contributed by atoms with Gasteiger partial charge >= 0.3 is 6.18 Å². The molecule has 130 valence electrons. The second-order valence-corrected chi connectivity index (χ2v) is 4.30. The van der Waals surface area contributed by atoms with Gasteiger partial charge in [-0.2, -0.15) is 13.2 Å². The lowest BCUT2D eigenvalue weighted by molar-refractivity contribution is -0.384. The summed E-state index contributed by atoms with van der Waals surface area (Å²) in [6.45, 7) is 0.630. The Morgan fingerprint density at radius 3 is 2.48 bits per heavy atom. The molecule has 23 heavy (non-hydrogen) atoms. The van der Waals surface area contributed by atoms with Gasteiger partial charge in [-0.05, 0) is 12.1 Å². The number of benzene rings is 1. The molecule has 0 aliphatic rings. The minimum atomic E-state index is -4.66. The molecule has 0 unspecified atom stereocenters. The number of nitro benzene ring substituents is 1. The normalized spacial score (nSPS) is 10.6. The molecule has 0 bridgehead atoms. The lowest BCUT2D eigenvalue weighted by Crippen LogP contribution is -2.30.